The lowest BCUT2D eigenvalue weighted by molar-refractivity contribution is 0.440. The minimum absolute atomic E-state index is 1.15. The van der Waals surface area contributed by atoms with Gasteiger partial charge in [-0.1, -0.05) is 47.5 Å². The van der Waals surface area contributed by atoms with Crippen LogP contribution in [-0.4, -0.2) is 25.3 Å². The third kappa shape index (κ3) is 3.44. The summed E-state index contributed by atoms with van der Waals surface area (Å²) in [6.45, 7) is 4.21. The lowest BCUT2D eigenvalue weighted by Gasteiger charge is -2.09. The zero-order valence-electron chi connectivity index (χ0n) is 12.0. The first-order valence-corrected chi connectivity index (χ1v) is 6.45. The van der Waals surface area contributed by atoms with Gasteiger partial charge in [-0.2, -0.15) is 5.10 Å². The van der Waals surface area contributed by atoms with Crippen LogP contribution in [-0.2, 0) is 0 Å². The van der Waals surface area contributed by atoms with Crippen molar-refractivity contribution in [3.8, 4) is 11.1 Å². The molecule has 0 atom stereocenters. The van der Waals surface area contributed by atoms with Crippen LogP contribution in [0.25, 0.3) is 11.1 Å². The van der Waals surface area contributed by atoms with E-state index in [0.29, 0.717) is 0 Å². The molecule has 2 nitrogen and oxygen atoms in total. The van der Waals surface area contributed by atoms with Crippen LogP contribution >= 0.6 is 0 Å². The maximum absolute atomic E-state index is 4.35. The highest BCUT2D eigenvalue weighted by Crippen LogP contribution is 2.24. The number of nitrogens with zero attached hydrogens (tertiary/aromatic N) is 2. The summed E-state index contributed by atoms with van der Waals surface area (Å²) in [5.74, 6) is 0. The van der Waals surface area contributed by atoms with Gasteiger partial charge in [-0.3, -0.25) is 0 Å². The van der Waals surface area contributed by atoms with E-state index in [4.69, 9.17) is 0 Å². The van der Waals surface area contributed by atoms with Gasteiger partial charge in [0.05, 0.1) is 6.21 Å². The fourth-order valence-corrected chi connectivity index (χ4v) is 1.96. The quantitative estimate of drug-likeness (QED) is 0.598. The van der Waals surface area contributed by atoms with Gasteiger partial charge < -0.3 is 5.01 Å². The van der Waals surface area contributed by atoms with Crippen LogP contribution in [0.5, 0.6) is 0 Å². The molecule has 0 bridgehead atoms. The van der Waals surface area contributed by atoms with Crippen molar-refractivity contribution >= 4 is 6.21 Å². The smallest absolute Gasteiger partial charge is 0.0549 e. The summed E-state index contributed by atoms with van der Waals surface area (Å²) >= 11 is 0. The minimum Gasteiger partial charge on any atom is -0.303 e. The number of hydrogen-bond donors (Lipinski definition) is 0. The largest absolute Gasteiger partial charge is 0.303 e. The third-order valence-corrected chi connectivity index (χ3v) is 3.00. The zero-order chi connectivity index (χ0) is 13.8. The first kappa shape index (κ1) is 13.3. The molecule has 0 aromatic heterocycles. The Morgan fingerprint density at radius 3 is 2.16 bits per heavy atom. The van der Waals surface area contributed by atoms with Crippen molar-refractivity contribution in [2.75, 3.05) is 14.1 Å². The Morgan fingerprint density at radius 2 is 1.53 bits per heavy atom. The van der Waals surface area contributed by atoms with Crippen LogP contribution < -0.4 is 0 Å². The molecular formula is C17H20N2. The highest BCUT2D eigenvalue weighted by atomic mass is 15.4. The third-order valence-electron chi connectivity index (χ3n) is 3.00. The maximum atomic E-state index is 4.35. The summed E-state index contributed by atoms with van der Waals surface area (Å²) in [6.07, 6.45) is 1.92. The summed E-state index contributed by atoms with van der Waals surface area (Å²) < 4.78 is 0. The molecule has 19 heavy (non-hydrogen) atoms. The number of aryl methyl sites for hydroxylation is 2. The molecule has 0 N–H and O–H groups in total. The molecule has 0 amide bonds. The van der Waals surface area contributed by atoms with Crippen molar-refractivity contribution in [3.63, 3.8) is 0 Å². The van der Waals surface area contributed by atoms with Gasteiger partial charge in [-0.15, -0.1) is 0 Å². The summed E-state index contributed by atoms with van der Waals surface area (Å²) in [5.41, 5.74) is 6.12. The summed E-state index contributed by atoms with van der Waals surface area (Å²) in [7, 11) is 3.86. The van der Waals surface area contributed by atoms with E-state index in [1.165, 1.54) is 22.3 Å². The molecule has 0 radical (unpaired) electrons. The van der Waals surface area contributed by atoms with Crippen molar-refractivity contribution in [1.82, 2.24) is 5.01 Å². The van der Waals surface area contributed by atoms with Gasteiger partial charge in [0.15, 0.2) is 0 Å². The predicted octanol–water partition coefficient (Wildman–Crippen LogP) is 3.87. The molecule has 2 rings (SSSR count). The fraction of sp³-hybridized carbons (Fsp3) is 0.235. The summed E-state index contributed by atoms with van der Waals surface area (Å²) in [6, 6.07) is 15.1. The van der Waals surface area contributed by atoms with Gasteiger partial charge >= 0.3 is 0 Å². The lowest BCUT2D eigenvalue weighted by Crippen LogP contribution is -2.02. The van der Waals surface area contributed by atoms with E-state index < -0.39 is 0 Å². The van der Waals surface area contributed by atoms with Crippen LogP contribution in [0.4, 0.5) is 0 Å². The van der Waals surface area contributed by atoms with Gasteiger partial charge in [0.2, 0.25) is 0 Å². The molecule has 0 saturated carbocycles. The van der Waals surface area contributed by atoms with Gasteiger partial charge in [0, 0.05) is 19.7 Å². The average Bonchev–Trinajstić information content (AvgIpc) is 2.38. The maximum Gasteiger partial charge on any atom is 0.0549 e. The highest BCUT2D eigenvalue weighted by molar-refractivity contribution is 5.90. The van der Waals surface area contributed by atoms with Crippen molar-refractivity contribution in [2.24, 2.45) is 5.10 Å². The van der Waals surface area contributed by atoms with E-state index in [1.54, 1.807) is 5.01 Å². The topological polar surface area (TPSA) is 15.6 Å². The van der Waals surface area contributed by atoms with E-state index in [9.17, 15) is 0 Å². The lowest BCUT2D eigenvalue weighted by atomic mass is 9.98. The molecule has 0 fully saturated rings. The molecule has 0 aliphatic rings. The molecule has 2 heteroatoms. The molecular weight excluding hydrogens is 232 g/mol. The van der Waals surface area contributed by atoms with Gasteiger partial charge in [0.1, 0.15) is 0 Å². The molecule has 0 heterocycles. The normalized spacial score (nSPS) is 10.9. The Morgan fingerprint density at radius 1 is 0.895 bits per heavy atom. The van der Waals surface area contributed by atoms with E-state index in [1.807, 2.05) is 20.3 Å². The second-order valence-electron chi connectivity index (χ2n) is 5.05. The Labute approximate surface area is 115 Å². The zero-order valence-corrected chi connectivity index (χ0v) is 12.0. The molecule has 0 saturated heterocycles. The second kappa shape index (κ2) is 5.70. The minimum atomic E-state index is 1.15. The van der Waals surface area contributed by atoms with Gasteiger partial charge in [-0.25, -0.2) is 0 Å². The van der Waals surface area contributed by atoms with Crippen LogP contribution in [0.15, 0.2) is 47.6 Å². The Kier molecular flexibility index (Phi) is 4.00. The first-order chi connectivity index (χ1) is 9.06. The van der Waals surface area contributed by atoms with E-state index >= 15 is 0 Å². The number of hydrogen-bond acceptors (Lipinski definition) is 2. The summed E-state index contributed by atoms with van der Waals surface area (Å²) in [4.78, 5) is 0. The van der Waals surface area contributed by atoms with Crippen LogP contribution in [0, 0.1) is 13.8 Å². The Bertz CT molecular complexity index is 581. The highest BCUT2D eigenvalue weighted by Gasteiger charge is 2.04. The van der Waals surface area contributed by atoms with Crippen LogP contribution in [0.2, 0.25) is 0 Å². The van der Waals surface area contributed by atoms with E-state index in [-0.39, 0.29) is 0 Å². The standard InChI is InChI=1S/C17H20N2/c1-13-5-8-15(9-6-13)17-10-7-14(2)11-16(17)12-18-19(3)4/h5-12H,1-4H3/b18-12+. The summed E-state index contributed by atoms with van der Waals surface area (Å²) in [5, 5.41) is 6.15. The van der Waals surface area contributed by atoms with Crippen LogP contribution in [0.3, 0.4) is 0 Å². The van der Waals surface area contributed by atoms with Crippen molar-refractivity contribution < 1.29 is 0 Å². The van der Waals surface area contributed by atoms with Crippen molar-refractivity contribution in [1.29, 1.82) is 0 Å². The van der Waals surface area contributed by atoms with Crippen molar-refractivity contribution in [3.05, 3.63) is 59.2 Å². The molecule has 0 unspecified atom stereocenters. The SMILES string of the molecule is Cc1ccc(-c2ccc(C)cc2/C=N/N(C)C)cc1. The molecule has 2 aromatic carbocycles. The number of benzene rings is 2. The molecule has 2 aromatic rings. The number of rotatable bonds is 3. The first-order valence-electron chi connectivity index (χ1n) is 6.45. The monoisotopic (exact) mass is 252 g/mol. The number of hydrazone groups is 1. The van der Waals surface area contributed by atoms with E-state index in [0.717, 1.165) is 5.56 Å². The van der Waals surface area contributed by atoms with Gasteiger partial charge in [0.25, 0.3) is 0 Å². The molecule has 0 spiro atoms. The Balaban J connectivity index is 2.47. The van der Waals surface area contributed by atoms with Crippen molar-refractivity contribution in [2.45, 2.75) is 13.8 Å². The molecule has 0 aliphatic heterocycles. The average molecular weight is 252 g/mol. The predicted molar refractivity (Wildman–Crippen MR) is 82.6 cm³/mol. The molecule has 0 aliphatic carbocycles. The fourth-order valence-electron chi connectivity index (χ4n) is 1.96. The van der Waals surface area contributed by atoms with Crippen LogP contribution in [0.1, 0.15) is 16.7 Å². The van der Waals surface area contributed by atoms with E-state index in [2.05, 4.69) is 61.4 Å². The van der Waals surface area contributed by atoms with Gasteiger partial charge in [-0.05, 0) is 31.0 Å². The second-order valence-corrected chi connectivity index (χ2v) is 5.05. The molecule has 98 valence electrons. The Hall–Kier alpha value is -2.09.